The van der Waals surface area contributed by atoms with Crippen LogP contribution in [0.2, 0.25) is 0 Å². The smallest absolute Gasteiger partial charge is 0.416 e. The molecule has 0 saturated carbocycles. The molecule has 0 bridgehead atoms. The fraction of sp³-hybridized carbons (Fsp3) is 0.286. The minimum absolute atomic E-state index is 0.108. The summed E-state index contributed by atoms with van der Waals surface area (Å²) in [6, 6.07) is 10.5. The molecule has 0 radical (unpaired) electrons. The molecule has 0 heterocycles. The van der Waals surface area contributed by atoms with Gasteiger partial charge in [-0.05, 0) is 17.2 Å². The molecule has 9 heteroatoms. The zero-order chi connectivity index (χ0) is 22.3. The Balaban J connectivity index is 2.16. The average Bonchev–Trinajstić information content (AvgIpc) is 2.67. The van der Waals surface area contributed by atoms with Crippen molar-refractivity contribution in [2.24, 2.45) is 0 Å². The second-order valence-corrected chi connectivity index (χ2v) is 6.74. The number of hydrogen-bond donors (Lipinski definition) is 3. The minimum atomic E-state index is -4.57. The van der Waals surface area contributed by atoms with Gasteiger partial charge in [0.1, 0.15) is 12.1 Å². The van der Waals surface area contributed by atoms with Crippen LogP contribution in [0.4, 0.5) is 13.2 Å². The maximum atomic E-state index is 12.9. The second-order valence-electron chi connectivity index (χ2n) is 6.74. The summed E-state index contributed by atoms with van der Waals surface area (Å²) < 4.78 is 38.6. The molecule has 0 aliphatic heterocycles. The summed E-state index contributed by atoms with van der Waals surface area (Å²) in [6.07, 6.45) is -4.78. The molecule has 2 aromatic rings. The van der Waals surface area contributed by atoms with E-state index in [1.807, 2.05) is 0 Å². The molecule has 3 N–H and O–H groups in total. The molecule has 0 spiro atoms. The highest BCUT2D eigenvalue weighted by molar-refractivity contribution is 5.90. The van der Waals surface area contributed by atoms with Crippen molar-refractivity contribution in [1.82, 2.24) is 10.6 Å². The zero-order valence-electron chi connectivity index (χ0n) is 16.1. The van der Waals surface area contributed by atoms with Gasteiger partial charge in [0.25, 0.3) is 0 Å². The molecule has 2 aromatic carbocycles. The Morgan fingerprint density at radius 3 is 2.07 bits per heavy atom. The van der Waals surface area contributed by atoms with E-state index < -0.39 is 41.6 Å². The van der Waals surface area contributed by atoms with E-state index in [1.165, 1.54) is 19.1 Å². The Hall–Kier alpha value is -3.36. The van der Waals surface area contributed by atoms with Crippen LogP contribution in [-0.2, 0) is 33.4 Å². The highest BCUT2D eigenvalue weighted by Crippen LogP contribution is 2.29. The van der Waals surface area contributed by atoms with E-state index >= 15 is 0 Å². The zero-order valence-corrected chi connectivity index (χ0v) is 16.1. The topological polar surface area (TPSA) is 95.5 Å². The molecule has 160 valence electrons. The number of amides is 2. The van der Waals surface area contributed by atoms with E-state index in [2.05, 4.69) is 10.6 Å². The maximum absolute atomic E-state index is 12.9. The number of carboxylic acids is 1. The number of hydrogen-bond acceptors (Lipinski definition) is 3. The van der Waals surface area contributed by atoms with E-state index in [1.54, 1.807) is 30.3 Å². The molecule has 0 fully saturated rings. The lowest BCUT2D eigenvalue weighted by atomic mass is 10.0. The van der Waals surface area contributed by atoms with Gasteiger partial charge in [-0.1, -0.05) is 48.5 Å². The van der Waals surface area contributed by atoms with E-state index in [0.717, 1.165) is 17.7 Å². The number of benzene rings is 2. The third-order valence-electron chi connectivity index (χ3n) is 4.29. The first kappa shape index (κ1) is 22.9. The van der Waals surface area contributed by atoms with Crippen molar-refractivity contribution in [1.29, 1.82) is 0 Å². The van der Waals surface area contributed by atoms with Gasteiger partial charge in [-0.2, -0.15) is 13.2 Å². The van der Waals surface area contributed by atoms with Crippen molar-refractivity contribution in [3.63, 3.8) is 0 Å². The van der Waals surface area contributed by atoms with Gasteiger partial charge in [-0.15, -0.1) is 0 Å². The van der Waals surface area contributed by atoms with Gasteiger partial charge >= 0.3 is 12.1 Å². The van der Waals surface area contributed by atoms with E-state index in [-0.39, 0.29) is 18.4 Å². The van der Waals surface area contributed by atoms with Crippen molar-refractivity contribution in [3.8, 4) is 0 Å². The fourth-order valence-corrected chi connectivity index (χ4v) is 2.89. The van der Waals surface area contributed by atoms with E-state index in [4.69, 9.17) is 0 Å². The van der Waals surface area contributed by atoms with Crippen LogP contribution >= 0.6 is 0 Å². The second kappa shape index (κ2) is 9.91. The summed E-state index contributed by atoms with van der Waals surface area (Å²) in [5.74, 6) is -2.62. The number of halogens is 3. The van der Waals surface area contributed by atoms with Crippen molar-refractivity contribution in [3.05, 3.63) is 71.3 Å². The van der Waals surface area contributed by atoms with E-state index in [0.29, 0.717) is 0 Å². The van der Waals surface area contributed by atoms with Gasteiger partial charge in [0, 0.05) is 19.8 Å². The van der Waals surface area contributed by atoms with Gasteiger partial charge in [0.15, 0.2) is 0 Å². The summed E-state index contributed by atoms with van der Waals surface area (Å²) in [4.78, 5) is 35.7. The first-order valence-electron chi connectivity index (χ1n) is 9.06. The monoisotopic (exact) mass is 422 g/mol. The largest absolute Gasteiger partial charge is 0.480 e. The number of carbonyl (C=O) groups is 3. The van der Waals surface area contributed by atoms with Crippen LogP contribution in [-0.4, -0.2) is 35.0 Å². The van der Waals surface area contributed by atoms with Crippen molar-refractivity contribution in [2.45, 2.75) is 38.0 Å². The number of rotatable bonds is 8. The SMILES string of the molecule is CC(=O)N[C@H](Cc1ccccc1)C(=O)N[C@H](Cc1cccc(C(F)(F)F)c1)C(=O)O. The van der Waals surface area contributed by atoms with Gasteiger partial charge in [0.05, 0.1) is 5.56 Å². The van der Waals surface area contributed by atoms with Gasteiger partial charge in [0.2, 0.25) is 11.8 Å². The molecular formula is C21H21F3N2O4. The summed E-state index contributed by atoms with van der Waals surface area (Å²) in [7, 11) is 0. The number of alkyl halides is 3. The molecule has 0 unspecified atom stereocenters. The summed E-state index contributed by atoms with van der Waals surface area (Å²) in [6.45, 7) is 1.22. The van der Waals surface area contributed by atoms with Crippen LogP contribution in [0.3, 0.4) is 0 Å². The molecule has 2 atom stereocenters. The third kappa shape index (κ3) is 6.91. The van der Waals surface area contributed by atoms with Gasteiger partial charge in [-0.25, -0.2) is 4.79 Å². The molecule has 0 aromatic heterocycles. The molecule has 0 aliphatic carbocycles. The van der Waals surface area contributed by atoms with Gasteiger partial charge in [-0.3, -0.25) is 9.59 Å². The Morgan fingerprint density at radius 2 is 1.50 bits per heavy atom. The maximum Gasteiger partial charge on any atom is 0.416 e. The molecule has 0 saturated heterocycles. The Labute approximate surface area is 171 Å². The van der Waals surface area contributed by atoms with Crippen LogP contribution in [0, 0.1) is 0 Å². The van der Waals surface area contributed by atoms with Crippen molar-refractivity contribution in [2.75, 3.05) is 0 Å². The molecule has 30 heavy (non-hydrogen) atoms. The normalized spacial score (nSPS) is 13.2. The predicted octanol–water partition coefficient (Wildman–Crippen LogP) is 2.56. The summed E-state index contributed by atoms with van der Waals surface area (Å²) in [5, 5.41) is 14.2. The van der Waals surface area contributed by atoms with Crippen LogP contribution in [0.15, 0.2) is 54.6 Å². The van der Waals surface area contributed by atoms with Crippen LogP contribution < -0.4 is 10.6 Å². The van der Waals surface area contributed by atoms with Crippen LogP contribution in [0.5, 0.6) is 0 Å². The molecule has 2 amide bonds. The molecule has 0 aliphatic rings. The van der Waals surface area contributed by atoms with Crippen LogP contribution in [0.1, 0.15) is 23.6 Å². The number of carbonyl (C=O) groups excluding carboxylic acids is 2. The number of aliphatic carboxylic acids is 1. The lowest BCUT2D eigenvalue weighted by molar-refractivity contribution is -0.142. The van der Waals surface area contributed by atoms with E-state index in [9.17, 15) is 32.7 Å². The van der Waals surface area contributed by atoms with Crippen molar-refractivity contribution >= 4 is 17.8 Å². The minimum Gasteiger partial charge on any atom is -0.480 e. The quantitative estimate of drug-likeness (QED) is 0.609. The Morgan fingerprint density at radius 1 is 0.900 bits per heavy atom. The third-order valence-corrected chi connectivity index (χ3v) is 4.29. The summed E-state index contributed by atoms with van der Waals surface area (Å²) >= 11 is 0. The molecule has 2 rings (SSSR count). The average molecular weight is 422 g/mol. The first-order valence-corrected chi connectivity index (χ1v) is 9.06. The van der Waals surface area contributed by atoms with Crippen LogP contribution in [0.25, 0.3) is 0 Å². The number of carboxylic acid groups (broad SMARTS) is 1. The highest BCUT2D eigenvalue weighted by atomic mass is 19.4. The standard InChI is InChI=1S/C21H21F3N2O4/c1-13(27)25-17(11-14-6-3-2-4-7-14)19(28)26-18(20(29)30)12-15-8-5-9-16(10-15)21(22,23)24/h2-10,17-18H,11-12H2,1H3,(H,25,27)(H,26,28)(H,29,30)/t17-,18-/m1/s1. The van der Waals surface area contributed by atoms with Crippen molar-refractivity contribution < 1.29 is 32.7 Å². The summed E-state index contributed by atoms with van der Waals surface area (Å²) in [5.41, 5.74) is -0.0523. The first-order chi connectivity index (χ1) is 14.1. The molecular weight excluding hydrogens is 401 g/mol. The highest BCUT2D eigenvalue weighted by Gasteiger charge is 2.31. The lowest BCUT2D eigenvalue weighted by Gasteiger charge is -2.21. The Kier molecular flexibility index (Phi) is 7.57. The molecule has 6 nitrogen and oxygen atoms in total. The van der Waals surface area contributed by atoms with Gasteiger partial charge < -0.3 is 15.7 Å². The fourth-order valence-electron chi connectivity index (χ4n) is 2.89. The number of nitrogens with one attached hydrogen (secondary N) is 2. The Bertz CT molecular complexity index is 901. The lowest BCUT2D eigenvalue weighted by Crippen LogP contribution is -2.52. The predicted molar refractivity (Wildman–Crippen MR) is 102 cm³/mol.